The Hall–Kier alpha value is -2.74. The number of thioether (sulfide) groups is 1. The molecular weight excluding hydrogens is 326 g/mol. The zero-order valence-electron chi connectivity index (χ0n) is 13.1. The number of rotatable bonds is 6. The first-order valence-corrected chi connectivity index (χ1v) is 8.29. The normalized spacial score (nSPS) is 10.7. The summed E-state index contributed by atoms with van der Waals surface area (Å²) < 4.78 is 6.58. The van der Waals surface area contributed by atoms with E-state index in [0.29, 0.717) is 23.3 Å². The SMILES string of the molecule is CN(Cc1ccccc1)C(=O)CSc1nnc(-c2ccco2)n1N. The van der Waals surface area contributed by atoms with E-state index < -0.39 is 0 Å². The highest BCUT2D eigenvalue weighted by atomic mass is 32.2. The fourth-order valence-electron chi connectivity index (χ4n) is 2.13. The van der Waals surface area contributed by atoms with Crippen LogP contribution in [-0.2, 0) is 11.3 Å². The monoisotopic (exact) mass is 343 g/mol. The molecule has 0 saturated carbocycles. The molecule has 3 aromatic rings. The minimum Gasteiger partial charge on any atom is -0.461 e. The zero-order chi connectivity index (χ0) is 16.9. The fraction of sp³-hybridized carbons (Fsp3) is 0.188. The van der Waals surface area contributed by atoms with Crippen LogP contribution < -0.4 is 5.84 Å². The average molecular weight is 343 g/mol. The van der Waals surface area contributed by atoms with Crippen molar-refractivity contribution < 1.29 is 9.21 Å². The Labute approximate surface area is 143 Å². The molecule has 0 bridgehead atoms. The summed E-state index contributed by atoms with van der Waals surface area (Å²) in [6.45, 7) is 0.563. The number of carbonyl (C=O) groups is 1. The summed E-state index contributed by atoms with van der Waals surface area (Å²) in [6, 6.07) is 13.3. The minimum absolute atomic E-state index is 0.00796. The van der Waals surface area contributed by atoms with Crippen molar-refractivity contribution >= 4 is 17.7 Å². The van der Waals surface area contributed by atoms with E-state index in [1.54, 1.807) is 30.3 Å². The van der Waals surface area contributed by atoms with Crippen LogP contribution in [0.3, 0.4) is 0 Å². The molecule has 24 heavy (non-hydrogen) atoms. The lowest BCUT2D eigenvalue weighted by atomic mass is 10.2. The standard InChI is InChI=1S/C16H17N5O2S/c1-20(10-12-6-3-2-4-7-12)14(22)11-24-16-19-18-15(21(16)17)13-8-5-9-23-13/h2-9H,10-11,17H2,1H3. The Morgan fingerprint density at radius 2 is 2.04 bits per heavy atom. The van der Waals surface area contributed by atoms with Crippen molar-refractivity contribution in [3.63, 3.8) is 0 Å². The second kappa shape index (κ2) is 7.22. The highest BCUT2D eigenvalue weighted by Crippen LogP contribution is 2.22. The molecule has 0 aliphatic heterocycles. The van der Waals surface area contributed by atoms with Gasteiger partial charge in [-0.25, -0.2) is 4.68 Å². The van der Waals surface area contributed by atoms with Crippen molar-refractivity contribution in [3.8, 4) is 11.6 Å². The maximum Gasteiger partial charge on any atom is 0.233 e. The summed E-state index contributed by atoms with van der Waals surface area (Å²) in [5.41, 5.74) is 1.08. The van der Waals surface area contributed by atoms with Crippen molar-refractivity contribution in [2.45, 2.75) is 11.7 Å². The van der Waals surface area contributed by atoms with Crippen LogP contribution in [0.4, 0.5) is 0 Å². The molecule has 124 valence electrons. The number of hydrogen-bond acceptors (Lipinski definition) is 6. The molecule has 0 radical (unpaired) electrons. The lowest BCUT2D eigenvalue weighted by molar-refractivity contribution is -0.127. The maximum absolute atomic E-state index is 12.3. The molecular formula is C16H17N5O2S. The van der Waals surface area contributed by atoms with Gasteiger partial charge in [-0.2, -0.15) is 0 Å². The van der Waals surface area contributed by atoms with Gasteiger partial charge >= 0.3 is 0 Å². The van der Waals surface area contributed by atoms with E-state index in [9.17, 15) is 4.79 Å². The Balaban J connectivity index is 1.58. The third-order valence-electron chi connectivity index (χ3n) is 3.42. The van der Waals surface area contributed by atoms with Gasteiger partial charge in [0.2, 0.25) is 16.9 Å². The number of nitrogens with two attached hydrogens (primary N) is 1. The van der Waals surface area contributed by atoms with Crippen LogP contribution >= 0.6 is 11.8 Å². The molecule has 1 aromatic carbocycles. The summed E-state index contributed by atoms with van der Waals surface area (Å²) in [7, 11) is 1.78. The Morgan fingerprint density at radius 1 is 1.25 bits per heavy atom. The van der Waals surface area contributed by atoms with Gasteiger partial charge in [-0.15, -0.1) is 10.2 Å². The van der Waals surface area contributed by atoms with Crippen molar-refractivity contribution in [3.05, 3.63) is 54.3 Å². The molecule has 2 aromatic heterocycles. The van der Waals surface area contributed by atoms with Crippen LogP contribution in [0.1, 0.15) is 5.56 Å². The number of benzene rings is 1. The van der Waals surface area contributed by atoms with Crippen LogP contribution in [0.5, 0.6) is 0 Å². The molecule has 0 atom stereocenters. The fourth-order valence-corrected chi connectivity index (χ4v) is 2.93. The molecule has 2 N–H and O–H groups in total. The lowest BCUT2D eigenvalue weighted by Gasteiger charge is -2.16. The van der Waals surface area contributed by atoms with Crippen LogP contribution in [0, 0.1) is 0 Å². The van der Waals surface area contributed by atoms with Crippen LogP contribution in [0.2, 0.25) is 0 Å². The van der Waals surface area contributed by atoms with Crippen molar-refractivity contribution in [1.82, 2.24) is 19.8 Å². The van der Waals surface area contributed by atoms with Gasteiger partial charge in [-0.05, 0) is 17.7 Å². The third kappa shape index (κ3) is 3.60. The molecule has 7 nitrogen and oxygen atoms in total. The van der Waals surface area contributed by atoms with Gasteiger partial charge in [0, 0.05) is 13.6 Å². The van der Waals surface area contributed by atoms with Crippen molar-refractivity contribution in [2.24, 2.45) is 0 Å². The highest BCUT2D eigenvalue weighted by Gasteiger charge is 2.16. The third-order valence-corrected chi connectivity index (χ3v) is 4.35. The topological polar surface area (TPSA) is 90.2 Å². The average Bonchev–Trinajstić information content (AvgIpc) is 3.23. The molecule has 2 heterocycles. The molecule has 0 fully saturated rings. The van der Waals surface area contributed by atoms with E-state index >= 15 is 0 Å². The van der Waals surface area contributed by atoms with E-state index in [2.05, 4.69) is 10.2 Å². The number of nitrogen functional groups attached to an aromatic ring is 1. The van der Waals surface area contributed by atoms with Crippen LogP contribution in [-0.4, -0.2) is 38.5 Å². The number of carbonyl (C=O) groups excluding carboxylic acids is 1. The molecule has 3 rings (SSSR count). The summed E-state index contributed by atoms with van der Waals surface area (Å²) in [5, 5.41) is 8.47. The van der Waals surface area contributed by atoms with Gasteiger partial charge in [-0.3, -0.25) is 4.79 Å². The smallest absolute Gasteiger partial charge is 0.233 e. The van der Waals surface area contributed by atoms with Gasteiger partial charge in [0.15, 0.2) is 5.76 Å². The summed E-state index contributed by atoms with van der Waals surface area (Å²) >= 11 is 1.24. The number of amides is 1. The predicted octanol–water partition coefficient (Wildman–Crippen LogP) is 2.00. The summed E-state index contributed by atoms with van der Waals surface area (Å²) in [5.74, 6) is 7.15. The molecule has 8 heteroatoms. The maximum atomic E-state index is 12.3. The van der Waals surface area contributed by atoms with Gasteiger partial charge in [0.25, 0.3) is 0 Å². The molecule has 0 saturated heterocycles. The van der Waals surface area contributed by atoms with E-state index in [1.165, 1.54) is 16.4 Å². The van der Waals surface area contributed by atoms with E-state index in [1.807, 2.05) is 30.3 Å². The van der Waals surface area contributed by atoms with Crippen molar-refractivity contribution in [2.75, 3.05) is 18.6 Å². The van der Waals surface area contributed by atoms with E-state index in [-0.39, 0.29) is 11.7 Å². The predicted molar refractivity (Wildman–Crippen MR) is 91.5 cm³/mol. The van der Waals surface area contributed by atoms with Crippen molar-refractivity contribution in [1.29, 1.82) is 0 Å². The first kappa shape index (κ1) is 16.1. The quantitative estimate of drug-likeness (QED) is 0.544. The van der Waals surface area contributed by atoms with E-state index in [4.69, 9.17) is 10.3 Å². The number of aromatic nitrogens is 3. The number of furan rings is 1. The molecule has 0 aliphatic carbocycles. The van der Waals surface area contributed by atoms with Gasteiger partial charge in [0.1, 0.15) is 0 Å². The van der Waals surface area contributed by atoms with Gasteiger partial charge in [0.05, 0.1) is 12.0 Å². The largest absolute Gasteiger partial charge is 0.461 e. The first-order valence-electron chi connectivity index (χ1n) is 7.30. The summed E-state index contributed by atoms with van der Waals surface area (Å²) in [4.78, 5) is 13.9. The zero-order valence-corrected chi connectivity index (χ0v) is 13.9. The summed E-state index contributed by atoms with van der Waals surface area (Å²) in [6.07, 6.45) is 1.54. The lowest BCUT2D eigenvalue weighted by Crippen LogP contribution is -2.28. The second-order valence-electron chi connectivity index (χ2n) is 5.18. The van der Waals surface area contributed by atoms with Crippen LogP contribution in [0.25, 0.3) is 11.6 Å². The molecule has 0 spiro atoms. The first-order chi connectivity index (χ1) is 11.6. The Bertz CT molecular complexity index is 801. The second-order valence-corrected chi connectivity index (χ2v) is 6.12. The number of nitrogens with zero attached hydrogens (tertiary/aromatic N) is 4. The minimum atomic E-state index is -0.00796. The molecule has 1 amide bonds. The van der Waals surface area contributed by atoms with Gasteiger partial charge < -0.3 is 15.2 Å². The highest BCUT2D eigenvalue weighted by molar-refractivity contribution is 7.99. The van der Waals surface area contributed by atoms with E-state index in [0.717, 1.165) is 5.56 Å². The molecule has 0 unspecified atom stereocenters. The molecule has 0 aliphatic rings. The van der Waals surface area contributed by atoms with Crippen LogP contribution in [0.15, 0.2) is 58.3 Å². The van der Waals surface area contributed by atoms with Gasteiger partial charge in [-0.1, -0.05) is 42.1 Å². The Morgan fingerprint density at radius 3 is 2.75 bits per heavy atom. The number of hydrogen-bond donors (Lipinski definition) is 1. The Kier molecular flexibility index (Phi) is 4.85.